The fourth-order valence-electron chi connectivity index (χ4n) is 6.73. The summed E-state index contributed by atoms with van der Waals surface area (Å²) in [5.74, 6) is 0. The topological polar surface area (TPSA) is 12.9 Å². The number of hydrogen-bond acceptors (Lipinski definition) is 1. The van der Waals surface area contributed by atoms with Gasteiger partial charge in [0.05, 0.1) is 11.2 Å². The lowest BCUT2D eigenvalue weighted by Crippen LogP contribution is -1.91. The second kappa shape index (κ2) is 8.11. The van der Waals surface area contributed by atoms with Crippen LogP contribution >= 0.6 is 0 Å². The molecular weight excluding hydrogens is 482 g/mol. The van der Waals surface area contributed by atoms with Gasteiger partial charge in [-0.15, -0.1) is 0 Å². The molecule has 0 aliphatic carbocycles. The third-order valence-electron chi connectivity index (χ3n) is 8.59. The lowest BCUT2D eigenvalue weighted by molar-refractivity contribution is 1.43. The fraction of sp³-hybridized carbons (Fsp3) is 0. The van der Waals surface area contributed by atoms with Crippen LogP contribution in [0.15, 0.2) is 140 Å². The van der Waals surface area contributed by atoms with Crippen LogP contribution in [0.4, 0.5) is 0 Å². The van der Waals surface area contributed by atoms with E-state index in [2.05, 4.69) is 140 Å². The zero-order valence-electron chi connectivity index (χ0n) is 21.7. The molecule has 0 bridgehead atoms. The largest absolute Gasteiger partial charge is 0.247 e. The van der Waals surface area contributed by atoms with E-state index in [1.165, 1.54) is 70.4 Å². The second-order valence-corrected chi connectivity index (χ2v) is 10.7. The Kier molecular flexibility index (Phi) is 4.39. The number of nitrogens with zero attached hydrogens (tertiary/aromatic N) is 1. The van der Waals surface area contributed by atoms with Gasteiger partial charge in [-0.3, -0.25) is 0 Å². The molecule has 0 spiro atoms. The minimum atomic E-state index is 1.02. The molecule has 0 fully saturated rings. The van der Waals surface area contributed by atoms with E-state index in [4.69, 9.17) is 4.98 Å². The van der Waals surface area contributed by atoms with Crippen LogP contribution in [0, 0.1) is 0 Å². The van der Waals surface area contributed by atoms with Crippen molar-refractivity contribution in [2.75, 3.05) is 0 Å². The van der Waals surface area contributed by atoms with E-state index in [0.717, 1.165) is 16.8 Å². The Balaban J connectivity index is 1.27. The van der Waals surface area contributed by atoms with Crippen LogP contribution in [-0.2, 0) is 0 Å². The molecule has 1 heterocycles. The van der Waals surface area contributed by atoms with Crippen molar-refractivity contribution in [3.8, 4) is 22.4 Å². The number of aromatic nitrogens is 1. The molecule has 1 heteroatoms. The van der Waals surface area contributed by atoms with Crippen LogP contribution in [0.3, 0.4) is 0 Å². The first-order chi connectivity index (χ1) is 19.8. The van der Waals surface area contributed by atoms with Crippen molar-refractivity contribution in [2.45, 2.75) is 0 Å². The first kappa shape index (κ1) is 21.6. The van der Waals surface area contributed by atoms with Gasteiger partial charge in [-0.05, 0) is 65.7 Å². The molecule has 0 aliphatic rings. The van der Waals surface area contributed by atoms with E-state index in [1.54, 1.807) is 0 Å². The molecule has 184 valence electrons. The summed E-state index contributed by atoms with van der Waals surface area (Å²) in [6.45, 7) is 0. The van der Waals surface area contributed by atoms with Gasteiger partial charge in [0.2, 0.25) is 0 Å². The minimum Gasteiger partial charge on any atom is -0.247 e. The summed E-state index contributed by atoms with van der Waals surface area (Å²) in [5, 5.41) is 14.0. The highest BCUT2D eigenvalue weighted by Crippen LogP contribution is 2.41. The van der Waals surface area contributed by atoms with Gasteiger partial charge in [-0.2, -0.15) is 0 Å². The van der Waals surface area contributed by atoms with Crippen LogP contribution in [0.2, 0.25) is 0 Å². The Hall–Kier alpha value is -5.27. The number of pyridine rings is 1. The molecule has 0 unspecified atom stereocenters. The van der Waals surface area contributed by atoms with Gasteiger partial charge in [0.25, 0.3) is 0 Å². The molecule has 0 saturated heterocycles. The van der Waals surface area contributed by atoms with Gasteiger partial charge in [0.1, 0.15) is 0 Å². The molecule has 0 N–H and O–H groups in total. The molecule has 0 atom stereocenters. The molecule has 0 aliphatic heterocycles. The third kappa shape index (κ3) is 3.00. The van der Waals surface area contributed by atoms with Crippen molar-refractivity contribution in [2.24, 2.45) is 0 Å². The van der Waals surface area contributed by atoms with Gasteiger partial charge in [-0.25, -0.2) is 4.98 Å². The summed E-state index contributed by atoms with van der Waals surface area (Å²) < 4.78 is 0. The fourth-order valence-corrected chi connectivity index (χ4v) is 6.73. The van der Waals surface area contributed by atoms with E-state index >= 15 is 0 Å². The van der Waals surface area contributed by atoms with E-state index in [1.807, 2.05) is 0 Å². The maximum absolute atomic E-state index is 5.23. The molecular formula is C39H23N. The zero-order valence-corrected chi connectivity index (χ0v) is 21.7. The molecule has 0 amide bonds. The van der Waals surface area contributed by atoms with Crippen molar-refractivity contribution < 1.29 is 0 Å². The first-order valence-electron chi connectivity index (χ1n) is 13.8. The number of fused-ring (bicyclic) bond motifs is 5. The normalized spacial score (nSPS) is 12.0. The highest BCUT2D eigenvalue weighted by molar-refractivity contribution is 6.25. The predicted octanol–water partition coefficient (Wildman–Crippen LogP) is 10.8. The number of benzene rings is 8. The lowest BCUT2D eigenvalue weighted by atomic mass is 9.89. The monoisotopic (exact) mass is 505 g/mol. The Morgan fingerprint density at radius 1 is 0.325 bits per heavy atom. The standard InChI is InChI=1S/C39H23N/c1-2-9-31-24(6-1)18-22-34-32-10-3-4-11-35(32)40-39(38(31)34)29-16-12-25(13-17-29)30-21-19-28-15-14-26-7-5-8-27-20-23-33(30)37(28)36(26)27/h1-23H. The summed E-state index contributed by atoms with van der Waals surface area (Å²) in [6, 6.07) is 50.7. The maximum atomic E-state index is 5.23. The SMILES string of the molecule is c1ccc2c(c1)ccc1c3ccccc3nc(-c3ccc(-c4ccc5ccc6cccc7ccc4c5c67)cc3)c21. The Morgan fingerprint density at radius 3 is 1.77 bits per heavy atom. The van der Waals surface area contributed by atoms with Gasteiger partial charge in [0.15, 0.2) is 0 Å². The summed E-state index contributed by atoms with van der Waals surface area (Å²) in [4.78, 5) is 5.23. The van der Waals surface area contributed by atoms with Crippen molar-refractivity contribution in [1.29, 1.82) is 0 Å². The highest BCUT2D eigenvalue weighted by Gasteiger charge is 2.15. The first-order valence-corrected chi connectivity index (χ1v) is 13.8. The minimum absolute atomic E-state index is 1.02. The van der Waals surface area contributed by atoms with Crippen molar-refractivity contribution in [3.63, 3.8) is 0 Å². The molecule has 1 aromatic heterocycles. The second-order valence-electron chi connectivity index (χ2n) is 10.7. The van der Waals surface area contributed by atoms with Gasteiger partial charge < -0.3 is 0 Å². The maximum Gasteiger partial charge on any atom is 0.0794 e. The Bertz CT molecular complexity index is 2400. The molecule has 0 radical (unpaired) electrons. The molecule has 9 aromatic rings. The predicted molar refractivity (Wildman–Crippen MR) is 171 cm³/mol. The number of hydrogen-bond donors (Lipinski definition) is 0. The van der Waals surface area contributed by atoms with Gasteiger partial charge >= 0.3 is 0 Å². The molecule has 9 rings (SSSR count). The van der Waals surface area contributed by atoms with Gasteiger partial charge in [0, 0.05) is 16.3 Å². The van der Waals surface area contributed by atoms with E-state index in [0.29, 0.717) is 0 Å². The average Bonchev–Trinajstić information content (AvgIpc) is 3.03. The van der Waals surface area contributed by atoms with Crippen LogP contribution in [-0.4, -0.2) is 4.98 Å². The van der Waals surface area contributed by atoms with Crippen LogP contribution < -0.4 is 0 Å². The van der Waals surface area contributed by atoms with Crippen LogP contribution in [0.25, 0.3) is 87.1 Å². The zero-order chi connectivity index (χ0) is 26.2. The van der Waals surface area contributed by atoms with Crippen LogP contribution in [0.5, 0.6) is 0 Å². The molecule has 8 aromatic carbocycles. The van der Waals surface area contributed by atoms with E-state index < -0.39 is 0 Å². The van der Waals surface area contributed by atoms with Crippen LogP contribution in [0.1, 0.15) is 0 Å². The van der Waals surface area contributed by atoms with E-state index in [9.17, 15) is 0 Å². The lowest BCUT2D eigenvalue weighted by Gasteiger charge is -2.15. The van der Waals surface area contributed by atoms with E-state index in [-0.39, 0.29) is 0 Å². The van der Waals surface area contributed by atoms with Crippen molar-refractivity contribution in [1.82, 2.24) is 4.98 Å². The summed E-state index contributed by atoms with van der Waals surface area (Å²) >= 11 is 0. The third-order valence-corrected chi connectivity index (χ3v) is 8.59. The molecule has 1 nitrogen and oxygen atoms in total. The number of rotatable bonds is 2. The Labute approximate surface area is 231 Å². The van der Waals surface area contributed by atoms with Crippen molar-refractivity contribution >= 4 is 64.8 Å². The highest BCUT2D eigenvalue weighted by atomic mass is 14.7. The molecule has 0 saturated carbocycles. The van der Waals surface area contributed by atoms with Crippen molar-refractivity contribution in [3.05, 3.63) is 140 Å². The smallest absolute Gasteiger partial charge is 0.0794 e. The summed E-state index contributed by atoms with van der Waals surface area (Å²) in [5.41, 5.74) is 5.67. The number of para-hydroxylation sites is 1. The summed E-state index contributed by atoms with van der Waals surface area (Å²) in [6.07, 6.45) is 0. The Morgan fingerprint density at radius 2 is 0.925 bits per heavy atom. The molecule has 40 heavy (non-hydrogen) atoms. The average molecular weight is 506 g/mol. The summed E-state index contributed by atoms with van der Waals surface area (Å²) in [7, 11) is 0. The quantitative estimate of drug-likeness (QED) is 0.213. The van der Waals surface area contributed by atoms with Gasteiger partial charge in [-0.1, -0.05) is 133 Å².